The maximum absolute atomic E-state index is 10.9. The lowest BCUT2D eigenvalue weighted by molar-refractivity contribution is 0.0696. The van der Waals surface area contributed by atoms with Crippen LogP contribution in [0.4, 0.5) is 0 Å². The van der Waals surface area contributed by atoms with E-state index in [1.807, 2.05) is 6.07 Å². The lowest BCUT2D eigenvalue weighted by Gasteiger charge is -2.20. The Morgan fingerprint density at radius 1 is 1.47 bits per heavy atom. The lowest BCUT2D eigenvalue weighted by atomic mass is 10.1. The minimum Gasteiger partial charge on any atom is -0.478 e. The molecule has 0 saturated carbocycles. The van der Waals surface area contributed by atoms with Crippen LogP contribution in [0.5, 0.6) is 0 Å². The van der Waals surface area contributed by atoms with Crippen LogP contribution in [0.15, 0.2) is 24.3 Å². The smallest absolute Gasteiger partial charge is 0.335 e. The van der Waals surface area contributed by atoms with E-state index in [0.717, 1.165) is 12.1 Å². The highest BCUT2D eigenvalue weighted by Gasteiger charge is 2.08. The van der Waals surface area contributed by atoms with E-state index in [1.165, 1.54) is 0 Å². The molecule has 1 aromatic carbocycles. The van der Waals surface area contributed by atoms with Crippen LogP contribution in [0.2, 0.25) is 0 Å². The van der Waals surface area contributed by atoms with Crippen LogP contribution >= 0.6 is 0 Å². The minimum absolute atomic E-state index is 0.282. The molecule has 0 heterocycles. The van der Waals surface area contributed by atoms with Crippen molar-refractivity contribution in [1.29, 1.82) is 5.26 Å². The van der Waals surface area contributed by atoms with Crippen LogP contribution in [0.25, 0.3) is 0 Å². The molecule has 0 aliphatic carbocycles. The Bertz CT molecular complexity index is 454. The fourth-order valence-electron chi connectivity index (χ4n) is 1.76. The van der Waals surface area contributed by atoms with Gasteiger partial charge in [0.2, 0.25) is 0 Å². The molecule has 1 rings (SSSR count). The number of aromatic carboxylic acids is 1. The first-order valence-electron chi connectivity index (χ1n) is 6.08. The molecule has 0 bridgehead atoms. The topological polar surface area (TPSA) is 73.6 Å². The van der Waals surface area contributed by atoms with Gasteiger partial charge >= 0.3 is 5.97 Å². The van der Waals surface area contributed by atoms with E-state index < -0.39 is 5.97 Å². The third-order valence-corrected chi connectivity index (χ3v) is 2.73. The molecule has 0 spiro atoms. The summed E-state index contributed by atoms with van der Waals surface area (Å²) in [4.78, 5) is 13.0. The van der Waals surface area contributed by atoms with Crippen molar-refractivity contribution >= 4 is 5.97 Å². The van der Waals surface area contributed by atoms with E-state index in [2.05, 4.69) is 11.0 Å². The van der Waals surface area contributed by atoms with E-state index in [1.54, 1.807) is 25.3 Å². The van der Waals surface area contributed by atoms with Gasteiger partial charge in [-0.25, -0.2) is 4.79 Å². The fraction of sp³-hybridized carbons (Fsp3) is 0.429. The summed E-state index contributed by atoms with van der Waals surface area (Å²) in [6.07, 6.45) is 0.447. The van der Waals surface area contributed by atoms with Gasteiger partial charge in [0.15, 0.2) is 0 Å². The van der Waals surface area contributed by atoms with Crippen LogP contribution in [0.3, 0.4) is 0 Å². The Balaban J connectivity index is 2.68. The molecule has 0 aromatic heterocycles. The molecule has 0 amide bonds. The molecule has 102 valence electrons. The third kappa shape index (κ3) is 5.51. The summed E-state index contributed by atoms with van der Waals surface area (Å²) >= 11 is 0. The summed E-state index contributed by atoms with van der Waals surface area (Å²) in [7, 11) is 1.63. The van der Waals surface area contributed by atoms with E-state index >= 15 is 0 Å². The summed E-state index contributed by atoms with van der Waals surface area (Å²) in [5.41, 5.74) is 1.21. The molecule has 5 heteroatoms. The van der Waals surface area contributed by atoms with Crippen LogP contribution in [-0.2, 0) is 11.3 Å². The molecule has 0 aliphatic heterocycles. The summed E-state index contributed by atoms with van der Waals surface area (Å²) in [5.74, 6) is -0.928. The van der Waals surface area contributed by atoms with Gasteiger partial charge in [-0.05, 0) is 17.7 Å². The largest absolute Gasteiger partial charge is 0.478 e. The lowest BCUT2D eigenvalue weighted by Crippen LogP contribution is -2.28. The standard InChI is InChI=1S/C14H18N2O3/c1-19-9-8-16(7-3-6-15)11-12-4-2-5-13(10-12)14(17)18/h2,4-5,10H,3,7-9,11H2,1H3,(H,17,18). The van der Waals surface area contributed by atoms with Crippen molar-refractivity contribution in [2.45, 2.75) is 13.0 Å². The van der Waals surface area contributed by atoms with Crippen molar-refractivity contribution in [3.8, 4) is 6.07 Å². The maximum Gasteiger partial charge on any atom is 0.335 e. The highest BCUT2D eigenvalue weighted by Crippen LogP contribution is 2.09. The van der Waals surface area contributed by atoms with Crippen molar-refractivity contribution in [1.82, 2.24) is 4.90 Å². The first-order valence-corrected chi connectivity index (χ1v) is 6.08. The molecule has 0 fully saturated rings. The van der Waals surface area contributed by atoms with Crippen molar-refractivity contribution in [2.75, 3.05) is 26.8 Å². The summed E-state index contributed by atoms with van der Waals surface area (Å²) in [6, 6.07) is 8.97. The third-order valence-electron chi connectivity index (χ3n) is 2.73. The Hall–Kier alpha value is -1.90. The highest BCUT2D eigenvalue weighted by molar-refractivity contribution is 5.87. The number of ether oxygens (including phenoxy) is 1. The number of carboxylic acid groups (broad SMARTS) is 1. The molecule has 0 atom stereocenters. The Morgan fingerprint density at radius 3 is 2.89 bits per heavy atom. The molecule has 19 heavy (non-hydrogen) atoms. The van der Waals surface area contributed by atoms with Crippen LogP contribution in [0.1, 0.15) is 22.3 Å². The van der Waals surface area contributed by atoms with Gasteiger partial charge in [-0.3, -0.25) is 4.90 Å². The molecule has 0 aliphatic rings. The number of rotatable bonds is 8. The summed E-state index contributed by atoms with van der Waals surface area (Å²) in [6.45, 7) is 2.57. The van der Waals surface area contributed by atoms with E-state index in [4.69, 9.17) is 15.1 Å². The number of hydrogen-bond acceptors (Lipinski definition) is 4. The fourth-order valence-corrected chi connectivity index (χ4v) is 1.76. The van der Waals surface area contributed by atoms with Crippen LogP contribution in [0, 0.1) is 11.3 Å². The van der Waals surface area contributed by atoms with Crippen molar-refractivity contribution in [2.24, 2.45) is 0 Å². The second-order valence-corrected chi connectivity index (χ2v) is 4.18. The molecule has 1 aromatic rings. The maximum atomic E-state index is 10.9. The van der Waals surface area contributed by atoms with Gasteiger partial charge in [-0.1, -0.05) is 12.1 Å². The monoisotopic (exact) mass is 262 g/mol. The zero-order valence-electron chi connectivity index (χ0n) is 11.0. The molecule has 0 radical (unpaired) electrons. The van der Waals surface area contributed by atoms with Crippen molar-refractivity contribution in [3.05, 3.63) is 35.4 Å². The van der Waals surface area contributed by atoms with E-state index in [-0.39, 0.29) is 5.56 Å². The summed E-state index contributed by atoms with van der Waals surface area (Å²) < 4.78 is 5.03. The average molecular weight is 262 g/mol. The van der Waals surface area contributed by atoms with Crippen molar-refractivity contribution in [3.63, 3.8) is 0 Å². The summed E-state index contributed by atoms with van der Waals surface area (Å²) in [5, 5.41) is 17.6. The molecule has 5 nitrogen and oxygen atoms in total. The second kappa shape index (κ2) is 8.25. The Morgan fingerprint density at radius 2 is 2.26 bits per heavy atom. The number of carboxylic acids is 1. The number of nitrogens with zero attached hydrogens (tertiary/aromatic N) is 2. The van der Waals surface area contributed by atoms with Crippen LogP contribution < -0.4 is 0 Å². The van der Waals surface area contributed by atoms with Gasteiger partial charge < -0.3 is 9.84 Å². The van der Waals surface area contributed by atoms with Gasteiger partial charge in [0.1, 0.15) is 0 Å². The number of hydrogen-bond donors (Lipinski definition) is 1. The van der Waals surface area contributed by atoms with E-state index in [9.17, 15) is 4.79 Å². The first-order chi connectivity index (χ1) is 9.17. The second-order valence-electron chi connectivity index (χ2n) is 4.18. The normalized spacial score (nSPS) is 10.4. The van der Waals surface area contributed by atoms with Gasteiger partial charge in [-0.15, -0.1) is 0 Å². The van der Waals surface area contributed by atoms with Gasteiger partial charge in [0.05, 0.1) is 18.2 Å². The van der Waals surface area contributed by atoms with Gasteiger partial charge in [0, 0.05) is 33.2 Å². The van der Waals surface area contributed by atoms with Gasteiger partial charge in [0.25, 0.3) is 0 Å². The molecule has 0 unspecified atom stereocenters. The van der Waals surface area contributed by atoms with Crippen molar-refractivity contribution < 1.29 is 14.6 Å². The number of methoxy groups -OCH3 is 1. The zero-order valence-corrected chi connectivity index (χ0v) is 11.0. The minimum atomic E-state index is -0.928. The SMILES string of the molecule is COCCN(CCC#N)Cc1cccc(C(=O)O)c1. The Kier molecular flexibility index (Phi) is 6.58. The average Bonchev–Trinajstić information content (AvgIpc) is 2.42. The molecule has 0 saturated heterocycles. The molecular formula is C14H18N2O3. The Labute approximate surface area is 113 Å². The van der Waals surface area contributed by atoms with Crippen LogP contribution in [-0.4, -0.2) is 42.8 Å². The van der Waals surface area contributed by atoms with E-state index in [0.29, 0.717) is 26.1 Å². The quantitative estimate of drug-likeness (QED) is 0.772. The number of benzene rings is 1. The number of carbonyl (C=O) groups is 1. The predicted octanol–water partition coefficient (Wildman–Crippen LogP) is 1.75. The highest BCUT2D eigenvalue weighted by atomic mass is 16.5. The first kappa shape index (κ1) is 15.2. The zero-order chi connectivity index (χ0) is 14.1. The molecular weight excluding hydrogens is 244 g/mol. The number of nitriles is 1. The molecule has 1 N–H and O–H groups in total. The van der Waals surface area contributed by atoms with Gasteiger partial charge in [-0.2, -0.15) is 5.26 Å². The predicted molar refractivity (Wildman–Crippen MR) is 70.8 cm³/mol.